The molecule has 3 rings (SSSR count). The Hall–Kier alpha value is -0.870. The Bertz CT molecular complexity index is 541. The molecule has 4 heteroatoms. The Morgan fingerprint density at radius 1 is 1.53 bits per heavy atom. The average Bonchev–Trinajstić information content (AvgIpc) is 2.90. The number of nitrogens with zero attached hydrogens (tertiary/aromatic N) is 2. The zero-order valence-corrected chi connectivity index (χ0v) is 11.5. The molecule has 0 radical (unpaired) electrons. The highest BCUT2D eigenvalue weighted by Gasteiger charge is 2.18. The molecule has 0 amide bonds. The molecule has 1 aliphatic rings. The van der Waals surface area contributed by atoms with E-state index in [-0.39, 0.29) is 0 Å². The summed E-state index contributed by atoms with van der Waals surface area (Å²) in [6.45, 7) is 2.31. The lowest BCUT2D eigenvalue weighted by Gasteiger charge is -2.09. The van der Waals surface area contributed by atoms with Crippen LogP contribution < -0.4 is 5.32 Å². The standard InChI is InChI=1S/C13H16BrN3/c1-17-11-4-2-3-10(12(11)13(14)16-17)7-9-5-6-15-8-9/h2-4,9,15H,5-8H2,1H3. The van der Waals surface area contributed by atoms with E-state index in [9.17, 15) is 0 Å². The molecule has 1 unspecified atom stereocenters. The number of benzene rings is 1. The van der Waals surface area contributed by atoms with Crippen LogP contribution >= 0.6 is 15.9 Å². The van der Waals surface area contributed by atoms with E-state index in [0.29, 0.717) is 0 Å². The maximum Gasteiger partial charge on any atom is 0.136 e. The molecule has 1 aliphatic heterocycles. The van der Waals surface area contributed by atoms with Crippen LogP contribution in [0, 0.1) is 5.92 Å². The van der Waals surface area contributed by atoms with Crippen molar-refractivity contribution in [2.24, 2.45) is 13.0 Å². The summed E-state index contributed by atoms with van der Waals surface area (Å²) in [6, 6.07) is 6.49. The summed E-state index contributed by atoms with van der Waals surface area (Å²) in [6.07, 6.45) is 2.43. The van der Waals surface area contributed by atoms with Crippen LogP contribution in [0.2, 0.25) is 0 Å². The van der Waals surface area contributed by atoms with Gasteiger partial charge in [-0.15, -0.1) is 0 Å². The van der Waals surface area contributed by atoms with Crippen molar-refractivity contribution < 1.29 is 0 Å². The molecule has 90 valence electrons. The number of aryl methyl sites for hydroxylation is 1. The van der Waals surface area contributed by atoms with Crippen LogP contribution in [0.25, 0.3) is 10.9 Å². The fraction of sp³-hybridized carbons (Fsp3) is 0.462. The first-order valence-electron chi connectivity index (χ1n) is 6.06. The third-order valence-electron chi connectivity index (χ3n) is 3.59. The van der Waals surface area contributed by atoms with Crippen molar-refractivity contribution in [3.63, 3.8) is 0 Å². The summed E-state index contributed by atoms with van der Waals surface area (Å²) in [7, 11) is 1.99. The third kappa shape index (κ3) is 2.00. The lowest BCUT2D eigenvalue weighted by Crippen LogP contribution is -2.10. The van der Waals surface area contributed by atoms with E-state index in [1.807, 2.05) is 11.7 Å². The average molecular weight is 294 g/mol. The van der Waals surface area contributed by atoms with Crippen LogP contribution in [0.4, 0.5) is 0 Å². The predicted molar refractivity (Wildman–Crippen MR) is 73.1 cm³/mol. The first-order valence-corrected chi connectivity index (χ1v) is 6.86. The first-order chi connectivity index (χ1) is 8.25. The highest BCUT2D eigenvalue weighted by Crippen LogP contribution is 2.28. The third-order valence-corrected chi connectivity index (χ3v) is 4.15. The van der Waals surface area contributed by atoms with Crippen LogP contribution in [-0.2, 0) is 13.5 Å². The van der Waals surface area contributed by atoms with Gasteiger partial charge in [0.2, 0.25) is 0 Å². The first kappa shape index (κ1) is 11.2. The molecule has 0 aliphatic carbocycles. The van der Waals surface area contributed by atoms with Crippen molar-refractivity contribution in [2.45, 2.75) is 12.8 Å². The maximum absolute atomic E-state index is 4.44. The second kappa shape index (κ2) is 4.42. The summed E-state index contributed by atoms with van der Waals surface area (Å²) < 4.78 is 2.91. The number of nitrogens with one attached hydrogen (secondary N) is 1. The molecule has 2 aromatic rings. The Kier molecular flexibility index (Phi) is 2.92. The SMILES string of the molecule is Cn1nc(Br)c2c(CC3CCNC3)cccc21. The van der Waals surface area contributed by atoms with E-state index in [0.717, 1.165) is 30.0 Å². The second-order valence-electron chi connectivity index (χ2n) is 4.79. The summed E-state index contributed by atoms with van der Waals surface area (Å²) in [5.74, 6) is 0.771. The van der Waals surface area contributed by atoms with Gasteiger partial charge in [0.05, 0.1) is 5.52 Å². The molecule has 1 aromatic heterocycles. The normalized spacial score (nSPS) is 20.2. The topological polar surface area (TPSA) is 29.9 Å². The molecule has 2 heterocycles. The molecule has 0 bridgehead atoms. The molecule has 3 nitrogen and oxygen atoms in total. The smallest absolute Gasteiger partial charge is 0.136 e. The van der Waals surface area contributed by atoms with Crippen molar-refractivity contribution in [2.75, 3.05) is 13.1 Å². The summed E-state index contributed by atoms with van der Waals surface area (Å²) in [4.78, 5) is 0. The van der Waals surface area contributed by atoms with Crippen molar-refractivity contribution in [3.8, 4) is 0 Å². The molecule has 0 spiro atoms. The molecule has 17 heavy (non-hydrogen) atoms. The van der Waals surface area contributed by atoms with Gasteiger partial charge in [-0.3, -0.25) is 4.68 Å². The molecule has 1 saturated heterocycles. The van der Waals surface area contributed by atoms with Gasteiger partial charge in [0.25, 0.3) is 0 Å². The maximum atomic E-state index is 4.44. The lowest BCUT2D eigenvalue weighted by atomic mass is 9.96. The Morgan fingerprint density at radius 2 is 2.41 bits per heavy atom. The summed E-state index contributed by atoms with van der Waals surface area (Å²) in [5, 5.41) is 9.15. The molecule has 1 N–H and O–H groups in total. The van der Waals surface area contributed by atoms with E-state index in [1.54, 1.807) is 0 Å². The van der Waals surface area contributed by atoms with Crippen LogP contribution in [0.3, 0.4) is 0 Å². The van der Waals surface area contributed by atoms with Crippen LogP contribution in [0.1, 0.15) is 12.0 Å². The highest BCUT2D eigenvalue weighted by molar-refractivity contribution is 9.10. The van der Waals surface area contributed by atoms with Gasteiger partial charge in [0.1, 0.15) is 4.60 Å². The number of fused-ring (bicyclic) bond motifs is 1. The van der Waals surface area contributed by atoms with Gasteiger partial charge >= 0.3 is 0 Å². The van der Waals surface area contributed by atoms with E-state index in [2.05, 4.69) is 44.5 Å². The molecular formula is C13H16BrN3. The van der Waals surface area contributed by atoms with Gasteiger partial charge < -0.3 is 5.32 Å². The molecule has 0 saturated carbocycles. The minimum absolute atomic E-state index is 0.771. The van der Waals surface area contributed by atoms with Crippen LogP contribution in [0.15, 0.2) is 22.8 Å². The largest absolute Gasteiger partial charge is 0.316 e. The number of hydrogen-bond acceptors (Lipinski definition) is 2. The van der Waals surface area contributed by atoms with Crippen LogP contribution in [-0.4, -0.2) is 22.9 Å². The monoisotopic (exact) mass is 293 g/mol. The van der Waals surface area contributed by atoms with E-state index >= 15 is 0 Å². The van der Waals surface area contributed by atoms with Crippen LogP contribution in [0.5, 0.6) is 0 Å². The van der Waals surface area contributed by atoms with Crippen molar-refractivity contribution in [1.82, 2.24) is 15.1 Å². The molecule has 1 aromatic carbocycles. The van der Waals surface area contributed by atoms with Crippen molar-refractivity contribution >= 4 is 26.8 Å². The van der Waals surface area contributed by atoms with Gasteiger partial charge in [-0.05, 0) is 59.4 Å². The summed E-state index contributed by atoms with van der Waals surface area (Å²) in [5.41, 5.74) is 2.62. The lowest BCUT2D eigenvalue weighted by molar-refractivity contribution is 0.582. The van der Waals surface area contributed by atoms with E-state index in [1.165, 1.54) is 22.9 Å². The van der Waals surface area contributed by atoms with E-state index < -0.39 is 0 Å². The number of aromatic nitrogens is 2. The van der Waals surface area contributed by atoms with E-state index in [4.69, 9.17) is 0 Å². The number of halogens is 1. The van der Waals surface area contributed by atoms with Gasteiger partial charge in [-0.1, -0.05) is 12.1 Å². The molecule has 1 fully saturated rings. The predicted octanol–water partition coefficient (Wildman–Crippen LogP) is 2.49. The number of rotatable bonds is 2. The van der Waals surface area contributed by atoms with Gasteiger partial charge in [-0.2, -0.15) is 5.10 Å². The van der Waals surface area contributed by atoms with Gasteiger partial charge in [0, 0.05) is 12.4 Å². The van der Waals surface area contributed by atoms with Crippen molar-refractivity contribution in [3.05, 3.63) is 28.4 Å². The summed E-state index contributed by atoms with van der Waals surface area (Å²) >= 11 is 3.57. The Balaban J connectivity index is 2.03. The molecular weight excluding hydrogens is 278 g/mol. The Morgan fingerprint density at radius 3 is 3.18 bits per heavy atom. The fourth-order valence-electron chi connectivity index (χ4n) is 2.70. The minimum atomic E-state index is 0.771. The highest BCUT2D eigenvalue weighted by atomic mass is 79.9. The quantitative estimate of drug-likeness (QED) is 0.922. The van der Waals surface area contributed by atoms with Crippen molar-refractivity contribution in [1.29, 1.82) is 0 Å². The molecule has 1 atom stereocenters. The second-order valence-corrected chi connectivity index (χ2v) is 5.54. The van der Waals surface area contributed by atoms with Gasteiger partial charge in [0.15, 0.2) is 0 Å². The fourth-order valence-corrected chi connectivity index (χ4v) is 3.40. The van der Waals surface area contributed by atoms with Gasteiger partial charge in [-0.25, -0.2) is 0 Å². The zero-order valence-electron chi connectivity index (χ0n) is 9.91. The minimum Gasteiger partial charge on any atom is -0.316 e. The zero-order chi connectivity index (χ0) is 11.8. The number of hydrogen-bond donors (Lipinski definition) is 1. The Labute approximate surface area is 109 Å².